The van der Waals surface area contributed by atoms with E-state index in [1.807, 2.05) is 6.07 Å². The first-order valence-electron chi connectivity index (χ1n) is 10.1. The molecule has 2 aliphatic heterocycles. The molecule has 0 N–H and O–H groups in total. The molecule has 10 nitrogen and oxygen atoms in total. The lowest BCUT2D eigenvalue weighted by molar-refractivity contribution is -0.146. The van der Waals surface area contributed by atoms with E-state index in [0.29, 0.717) is 17.1 Å². The molecule has 2 aliphatic rings. The van der Waals surface area contributed by atoms with Crippen LogP contribution in [0.2, 0.25) is 0 Å². The van der Waals surface area contributed by atoms with Crippen molar-refractivity contribution < 1.29 is 18.3 Å². The number of pyridine rings is 1. The van der Waals surface area contributed by atoms with Crippen LogP contribution in [0.3, 0.4) is 0 Å². The monoisotopic (exact) mass is 440 g/mol. The number of ether oxygens (including phenoxy) is 1. The van der Waals surface area contributed by atoms with E-state index in [-0.39, 0.29) is 56.8 Å². The molecule has 3 aromatic heterocycles. The minimum absolute atomic E-state index is 0.0497. The molecule has 3 aromatic rings. The van der Waals surface area contributed by atoms with Gasteiger partial charge in [0, 0.05) is 43.9 Å². The molecule has 1 saturated heterocycles. The quantitative estimate of drug-likeness (QED) is 0.585. The standard InChI is InChI=1S/C20H18F2N8O2/c21-15-10-25-17(18-26-12-27-30(15)18)28-3-1-20(22,2-4-28)19(31)29-5-6-32-16-13(7-23)8-24-9-14(16)11-29/h8-10,12H,1-6,11H2. The molecule has 1 amide bonds. The Balaban J connectivity index is 1.32. The zero-order valence-electron chi connectivity index (χ0n) is 16.9. The molecular weight excluding hydrogens is 422 g/mol. The molecule has 0 aliphatic carbocycles. The van der Waals surface area contributed by atoms with Crippen LogP contribution in [0.5, 0.6) is 5.75 Å². The topological polar surface area (TPSA) is 113 Å². The highest BCUT2D eigenvalue weighted by Crippen LogP contribution is 2.34. The average Bonchev–Trinajstić information content (AvgIpc) is 3.20. The van der Waals surface area contributed by atoms with Crippen LogP contribution in [-0.4, -0.2) is 67.3 Å². The number of amides is 1. The summed E-state index contributed by atoms with van der Waals surface area (Å²) in [6, 6.07) is 2.02. The van der Waals surface area contributed by atoms with Crippen LogP contribution in [0.1, 0.15) is 24.0 Å². The van der Waals surface area contributed by atoms with Crippen LogP contribution in [-0.2, 0) is 11.3 Å². The first-order chi connectivity index (χ1) is 15.5. The van der Waals surface area contributed by atoms with Gasteiger partial charge in [-0.15, -0.1) is 0 Å². The molecule has 5 heterocycles. The van der Waals surface area contributed by atoms with Gasteiger partial charge in [0.1, 0.15) is 30.3 Å². The molecule has 0 bridgehead atoms. The van der Waals surface area contributed by atoms with Crippen molar-refractivity contribution in [3.63, 3.8) is 0 Å². The molecule has 0 spiro atoms. The van der Waals surface area contributed by atoms with Crippen molar-refractivity contribution in [1.29, 1.82) is 5.26 Å². The predicted octanol–water partition coefficient (Wildman–Crippen LogP) is 1.26. The first-order valence-corrected chi connectivity index (χ1v) is 10.1. The smallest absolute Gasteiger partial charge is 0.260 e. The maximum Gasteiger partial charge on any atom is 0.260 e. The summed E-state index contributed by atoms with van der Waals surface area (Å²) in [4.78, 5) is 28.5. The van der Waals surface area contributed by atoms with E-state index >= 15 is 4.39 Å². The number of piperidine rings is 1. The summed E-state index contributed by atoms with van der Waals surface area (Å²) in [6.07, 6.45) is 5.09. The van der Waals surface area contributed by atoms with Gasteiger partial charge in [-0.1, -0.05) is 0 Å². The van der Waals surface area contributed by atoms with Gasteiger partial charge in [-0.05, 0) is 0 Å². The number of alkyl halides is 1. The highest BCUT2D eigenvalue weighted by molar-refractivity contribution is 5.86. The van der Waals surface area contributed by atoms with Gasteiger partial charge >= 0.3 is 0 Å². The molecule has 0 aromatic carbocycles. The number of aromatic nitrogens is 5. The summed E-state index contributed by atoms with van der Waals surface area (Å²) < 4.78 is 36.3. The van der Waals surface area contributed by atoms with E-state index in [4.69, 9.17) is 4.74 Å². The summed E-state index contributed by atoms with van der Waals surface area (Å²) >= 11 is 0. The number of hydrogen-bond donors (Lipinski definition) is 0. The van der Waals surface area contributed by atoms with Gasteiger partial charge in [0.2, 0.25) is 11.6 Å². The van der Waals surface area contributed by atoms with E-state index in [0.717, 1.165) is 10.7 Å². The number of halogens is 2. The molecule has 0 saturated carbocycles. The first kappa shape index (κ1) is 20.0. The summed E-state index contributed by atoms with van der Waals surface area (Å²) in [5, 5.41) is 13.1. The van der Waals surface area contributed by atoms with Gasteiger partial charge in [0.25, 0.3) is 5.91 Å². The van der Waals surface area contributed by atoms with Crippen molar-refractivity contribution in [2.45, 2.75) is 25.1 Å². The minimum Gasteiger partial charge on any atom is -0.490 e. The van der Waals surface area contributed by atoms with Gasteiger partial charge in [0.15, 0.2) is 11.5 Å². The molecule has 12 heteroatoms. The Labute approximate surface area is 181 Å². The average molecular weight is 440 g/mol. The molecule has 5 rings (SSSR count). The van der Waals surface area contributed by atoms with Crippen LogP contribution in [0.25, 0.3) is 5.65 Å². The Hall–Kier alpha value is -3.88. The SMILES string of the molecule is N#Cc1cncc2c1OCCN(C(=O)C1(F)CCN(c3ncc(F)n4ncnc34)CC1)C2. The van der Waals surface area contributed by atoms with Crippen molar-refractivity contribution in [2.75, 3.05) is 31.1 Å². The van der Waals surface area contributed by atoms with Gasteiger partial charge < -0.3 is 14.5 Å². The van der Waals surface area contributed by atoms with Gasteiger partial charge in [-0.25, -0.2) is 14.4 Å². The third kappa shape index (κ3) is 3.26. The number of carbonyl (C=O) groups excluding carboxylic acids is 1. The minimum atomic E-state index is -2.05. The third-order valence-corrected chi connectivity index (χ3v) is 5.83. The molecular formula is C20H18F2N8O2. The van der Waals surface area contributed by atoms with Gasteiger partial charge in [0.05, 0.1) is 19.3 Å². The number of rotatable bonds is 2. The van der Waals surface area contributed by atoms with E-state index in [1.165, 1.54) is 23.6 Å². The molecule has 32 heavy (non-hydrogen) atoms. The number of nitrogens with zero attached hydrogens (tertiary/aromatic N) is 8. The largest absolute Gasteiger partial charge is 0.490 e. The van der Waals surface area contributed by atoms with Crippen LogP contribution in [0.4, 0.5) is 14.6 Å². The number of nitriles is 1. The summed E-state index contributed by atoms with van der Waals surface area (Å²) in [7, 11) is 0. The molecule has 0 unspecified atom stereocenters. The zero-order chi connectivity index (χ0) is 22.3. The fourth-order valence-electron chi connectivity index (χ4n) is 4.14. The van der Waals surface area contributed by atoms with Crippen LogP contribution < -0.4 is 9.64 Å². The summed E-state index contributed by atoms with van der Waals surface area (Å²) in [5.74, 6) is -0.479. The normalized spacial score (nSPS) is 17.9. The summed E-state index contributed by atoms with van der Waals surface area (Å²) in [6.45, 7) is 0.901. The van der Waals surface area contributed by atoms with Crippen molar-refractivity contribution in [3.05, 3.63) is 42.0 Å². The maximum absolute atomic E-state index is 15.8. The lowest BCUT2D eigenvalue weighted by Gasteiger charge is -2.38. The lowest BCUT2D eigenvalue weighted by atomic mass is 9.91. The highest BCUT2D eigenvalue weighted by Gasteiger charge is 2.45. The van der Waals surface area contributed by atoms with E-state index < -0.39 is 17.5 Å². The van der Waals surface area contributed by atoms with Crippen molar-refractivity contribution in [3.8, 4) is 11.8 Å². The fourth-order valence-corrected chi connectivity index (χ4v) is 4.14. The fraction of sp³-hybridized carbons (Fsp3) is 0.400. The second-order valence-electron chi connectivity index (χ2n) is 7.71. The van der Waals surface area contributed by atoms with E-state index in [1.54, 1.807) is 4.90 Å². The lowest BCUT2D eigenvalue weighted by Crippen LogP contribution is -2.53. The maximum atomic E-state index is 15.8. The molecule has 0 radical (unpaired) electrons. The predicted molar refractivity (Wildman–Crippen MR) is 106 cm³/mol. The van der Waals surface area contributed by atoms with Gasteiger partial charge in [-0.3, -0.25) is 9.78 Å². The van der Waals surface area contributed by atoms with Crippen molar-refractivity contribution >= 4 is 17.4 Å². The third-order valence-electron chi connectivity index (χ3n) is 5.83. The van der Waals surface area contributed by atoms with Crippen LogP contribution in [0.15, 0.2) is 24.9 Å². The van der Waals surface area contributed by atoms with Crippen LogP contribution in [0, 0.1) is 17.3 Å². The zero-order valence-corrected chi connectivity index (χ0v) is 16.9. The number of fused-ring (bicyclic) bond motifs is 2. The molecule has 0 atom stereocenters. The number of anilines is 1. The second kappa shape index (κ2) is 7.67. The van der Waals surface area contributed by atoms with Crippen LogP contribution >= 0.6 is 0 Å². The number of carbonyl (C=O) groups is 1. The van der Waals surface area contributed by atoms with Crippen molar-refractivity contribution in [1.82, 2.24) is 29.5 Å². The van der Waals surface area contributed by atoms with Crippen molar-refractivity contribution in [2.24, 2.45) is 0 Å². The highest BCUT2D eigenvalue weighted by atomic mass is 19.1. The Bertz CT molecular complexity index is 1230. The summed E-state index contributed by atoms with van der Waals surface area (Å²) in [5.41, 5.74) is -0.956. The van der Waals surface area contributed by atoms with E-state index in [2.05, 4.69) is 20.1 Å². The second-order valence-corrected chi connectivity index (χ2v) is 7.71. The Morgan fingerprint density at radius 1 is 1.19 bits per heavy atom. The molecule has 164 valence electrons. The Morgan fingerprint density at radius 3 is 2.78 bits per heavy atom. The van der Waals surface area contributed by atoms with E-state index in [9.17, 15) is 14.4 Å². The van der Waals surface area contributed by atoms with Gasteiger partial charge in [-0.2, -0.15) is 19.3 Å². The Morgan fingerprint density at radius 2 is 2.00 bits per heavy atom. The number of hydrogen-bond acceptors (Lipinski definition) is 8. The Kier molecular flexibility index (Phi) is 4.80. The molecule has 1 fully saturated rings.